The number of aryl methyl sites for hydroxylation is 1. The summed E-state index contributed by atoms with van der Waals surface area (Å²) in [6.07, 6.45) is 3.65. The lowest BCUT2D eigenvalue weighted by Gasteiger charge is -2.04. The van der Waals surface area contributed by atoms with E-state index < -0.39 is 0 Å². The third-order valence-electron chi connectivity index (χ3n) is 2.03. The molecule has 1 aromatic heterocycles. The van der Waals surface area contributed by atoms with Crippen LogP contribution in [0.25, 0.3) is 0 Å². The fourth-order valence-corrected chi connectivity index (χ4v) is 2.02. The molecule has 2 nitrogen and oxygen atoms in total. The van der Waals surface area contributed by atoms with Crippen LogP contribution in [0.5, 0.6) is 0 Å². The molecule has 1 heterocycles. The Hall–Kier alpha value is -0.410. The predicted molar refractivity (Wildman–Crippen MR) is 62.7 cm³/mol. The number of hydrogen-bond acceptors (Lipinski definition) is 3. The highest BCUT2D eigenvalue weighted by molar-refractivity contribution is 7.09. The Morgan fingerprint density at radius 3 is 2.93 bits per heavy atom. The van der Waals surface area contributed by atoms with E-state index in [1.807, 2.05) is 0 Å². The molecule has 1 aromatic rings. The molecule has 3 heteroatoms. The summed E-state index contributed by atoms with van der Waals surface area (Å²) in [5.41, 5.74) is 1.19. The van der Waals surface area contributed by atoms with Gasteiger partial charge in [-0.1, -0.05) is 27.2 Å². The molecule has 0 saturated carbocycles. The van der Waals surface area contributed by atoms with Crippen LogP contribution >= 0.6 is 11.3 Å². The highest BCUT2D eigenvalue weighted by Crippen LogP contribution is 2.12. The minimum absolute atomic E-state index is 0.538. The summed E-state index contributed by atoms with van der Waals surface area (Å²) in [5, 5.41) is 6.83. The summed E-state index contributed by atoms with van der Waals surface area (Å²) in [7, 11) is 0. The van der Waals surface area contributed by atoms with E-state index in [0.29, 0.717) is 6.04 Å². The van der Waals surface area contributed by atoms with Crippen LogP contribution in [0.15, 0.2) is 5.38 Å². The summed E-state index contributed by atoms with van der Waals surface area (Å²) in [6, 6.07) is 0.538. The number of aromatic nitrogens is 1. The zero-order valence-corrected chi connectivity index (χ0v) is 10.2. The van der Waals surface area contributed by atoms with E-state index in [0.717, 1.165) is 13.0 Å². The molecule has 0 radical (unpaired) electrons. The van der Waals surface area contributed by atoms with Crippen molar-refractivity contribution in [2.75, 3.05) is 0 Å². The predicted octanol–water partition coefficient (Wildman–Crippen LogP) is 2.98. The molecule has 0 fully saturated rings. The maximum atomic E-state index is 4.58. The molecule has 0 saturated heterocycles. The maximum absolute atomic E-state index is 4.58. The summed E-state index contributed by atoms with van der Waals surface area (Å²) < 4.78 is 0. The van der Waals surface area contributed by atoms with Crippen LogP contribution in [-0.2, 0) is 13.0 Å². The highest BCUT2D eigenvalue weighted by atomic mass is 32.1. The van der Waals surface area contributed by atoms with Gasteiger partial charge in [0.1, 0.15) is 0 Å². The average Bonchev–Trinajstić information content (AvgIpc) is 2.59. The summed E-state index contributed by atoms with van der Waals surface area (Å²) in [5.74, 6) is 0. The number of nitrogens with one attached hydrogen (secondary N) is 1. The molecular formula is C11H20N2S. The second kappa shape index (κ2) is 6.14. The molecule has 0 amide bonds. The monoisotopic (exact) mass is 212 g/mol. The van der Waals surface area contributed by atoms with Crippen molar-refractivity contribution in [2.45, 2.75) is 52.6 Å². The first-order valence-electron chi connectivity index (χ1n) is 5.39. The minimum atomic E-state index is 0.538. The number of hydrogen-bond donors (Lipinski definition) is 1. The second-order valence-corrected chi connectivity index (χ2v) is 4.81. The van der Waals surface area contributed by atoms with Crippen molar-refractivity contribution in [1.29, 1.82) is 0 Å². The van der Waals surface area contributed by atoms with Crippen LogP contribution in [0.1, 0.15) is 44.3 Å². The highest BCUT2D eigenvalue weighted by Gasteiger charge is 2.01. The molecule has 0 aliphatic rings. The Bertz CT molecular complexity index is 256. The van der Waals surface area contributed by atoms with Gasteiger partial charge in [-0.05, 0) is 12.8 Å². The Morgan fingerprint density at radius 2 is 2.29 bits per heavy atom. The van der Waals surface area contributed by atoms with Crippen LogP contribution in [0, 0.1) is 0 Å². The first kappa shape index (κ1) is 11.7. The van der Waals surface area contributed by atoms with E-state index in [4.69, 9.17) is 0 Å². The van der Waals surface area contributed by atoms with E-state index in [2.05, 4.69) is 36.5 Å². The lowest BCUT2D eigenvalue weighted by molar-refractivity contribution is 0.582. The number of nitrogens with zero attached hydrogens (tertiary/aromatic N) is 1. The largest absolute Gasteiger partial charge is 0.309 e. The van der Waals surface area contributed by atoms with Crippen molar-refractivity contribution >= 4 is 11.3 Å². The molecule has 14 heavy (non-hydrogen) atoms. The van der Waals surface area contributed by atoms with E-state index in [1.165, 1.54) is 23.5 Å². The summed E-state index contributed by atoms with van der Waals surface area (Å²) in [6.45, 7) is 7.43. The van der Waals surface area contributed by atoms with Crippen LogP contribution in [0.2, 0.25) is 0 Å². The average molecular weight is 212 g/mol. The first-order valence-corrected chi connectivity index (χ1v) is 6.27. The summed E-state index contributed by atoms with van der Waals surface area (Å²) in [4.78, 5) is 4.58. The van der Waals surface area contributed by atoms with E-state index in [9.17, 15) is 0 Å². The number of thiazole rings is 1. The fraction of sp³-hybridized carbons (Fsp3) is 0.727. The normalized spacial score (nSPS) is 11.1. The molecule has 0 bridgehead atoms. The van der Waals surface area contributed by atoms with Gasteiger partial charge in [-0.25, -0.2) is 4.98 Å². The van der Waals surface area contributed by atoms with E-state index >= 15 is 0 Å². The molecule has 0 aromatic carbocycles. The third kappa shape index (κ3) is 4.20. The zero-order valence-electron chi connectivity index (χ0n) is 9.34. The molecular weight excluding hydrogens is 192 g/mol. The quantitative estimate of drug-likeness (QED) is 0.784. The van der Waals surface area contributed by atoms with Crippen LogP contribution in [0.4, 0.5) is 0 Å². The molecule has 80 valence electrons. The van der Waals surface area contributed by atoms with Gasteiger partial charge in [0.05, 0.1) is 10.7 Å². The van der Waals surface area contributed by atoms with Crippen molar-refractivity contribution in [2.24, 2.45) is 0 Å². The molecule has 1 N–H and O–H groups in total. The van der Waals surface area contributed by atoms with Crippen LogP contribution in [0.3, 0.4) is 0 Å². The van der Waals surface area contributed by atoms with Gasteiger partial charge in [0.15, 0.2) is 0 Å². The SMILES string of the molecule is CCCCc1nc(CNC(C)C)cs1. The maximum Gasteiger partial charge on any atom is 0.0928 e. The molecule has 0 unspecified atom stereocenters. The molecule has 0 spiro atoms. The third-order valence-corrected chi connectivity index (χ3v) is 2.99. The standard InChI is InChI=1S/C11H20N2S/c1-4-5-6-11-13-10(8-14-11)7-12-9(2)3/h8-9,12H,4-7H2,1-3H3. The minimum Gasteiger partial charge on any atom is -0.309 e. The smallest absolute Gasteiger partial charge is 0.0928 e. The van der Waals surface area contributed by atoms with Gasteiger partial charge in [-0.2, -0.15) is 0 Å². The second-order valence-electron chi connectivity index (χ2n) is 3.87. The van der Waals surface area contributed by atoms with Gasteiger partial charge in [-0.15, -0.1) is 11.3 Å². The van der Waals surface area contributed by atoms with Crippen molar-refractivity contribution in [3.8, 4) is 0 Å². The Kier molecular flexibility index (Phi) is 5.12. The lowest BCUT2D eigenvalue weighted by Crippen LogP contribution is -2.21. The fourth-order valence-electron chi connectivity index (χ4n) is 1.18. The van der Waals surface area contributed by atoms with Gasteiger partial charge < -0.3 is 5.32 Å². The van der Waals surface area contributed by atoms with Crippen LogP contribution in [-0.4, -0.2) is 11.0 Å². The van der Waals surface area contributed by atoms with Gasteiger partial charge in [-0.3, -0.25) is 0 Å². The van der Waals surface area contributed by atoms with E-state index in [1.54, 1.807) is 11.3 Å². The topological polar surface area (TPSA) is 24.9 Å². The van der Waals surface area contributed by atoms with Crippen LogP contribution < -0.4 is 5.32 Å². The van der Waals surface area contributed by atoms with Crippen molar-refractivity contribution < 1.29 is 0 Å². The lowest BCUT2D eigenvalue weighted by atomic mass is 10.3. The molecule has 1 rings (SSSR count). The Morgan fingerprint density at radius 1 is 1.50 bits per heavy atom. The Balaban J connectivity index is 2.35. The molecule has 0 aliphatic heterocycles. The number of unbranched alkanes of at least 4 members (excludes halogenated alkanes) is 1. The van der Waals surface area contributed by atoms with Gasteiger partial charge >= 0.3 is 0 Å². The van der Waals surface area contributed by atoms with Gasteiger partial charge in [0.2, 0.25) is 0 Å². The first-order chi connectivity index (χ1) is 6.72. The Labute approximate surface area is 90.8 Å². The zero-order chi connectivity index (χ0) is 10.4. The van der Waals surface area contributed by atoms with Crippen molar-refractivity contribution in [3.63, 3.8) is 0 Å². The van der Waals surface area contributed by atoms with E-state index in [-0.39, 0.29) is 0 Å². The van der Waals surface area contributed by atoms with Gasteiger partial charge in [0.25, 0.3) is 0 Å². The van der Waals surface area contributed by atoms with Gasteiger partial charge in [0, 0.05) is 18.0 Å². The summed E-state index contributed by atoms with van der Waals surface area (Å²) >= 11 is 1.79. The van der Waals surface area contributed by atoms with Crippen molar-refractivity contribution in [1.82, 2.24) is 10.3 Å². The number of rotatable bonds is 6. The molecule has 0 aliphatic carbocycles. The molecule has 0 atom stereocenters. The van der Waals surface area contributed by atoms with Crippen molar-refractivity contribution in [3.05, 3.63) is 16.1 Å².